The number of para-hydroxylation sites is 1. The van der Waals surface area contributed by atoms with Crippen molar-refractivity contribution in [3.8, 4) is 11.4 Å². The maximum absolute atomic E-state index is 13.4. The van der Waals surface area contributed by atoms with Gasteiger partial charge in [0, 0.05) is 10.8 Å². The Bertz CT molecular complexity index is 1640. The Hall–Kier alpha value is -4.50. The molecule has 9 heteroatoms. The van der Waals surface area contributed by atoms with Crippen LogP contribution in [-0.2, 0) is 9.53 Å². The van der Waals surface area contributed by atoms with Crippen LogP contribution in [-0.4, -0.2) is 34.9 Å². The largest absolute Gasteiger partial charge is 0.484 e. The number of nitrogens with zero attached hydrogens (tertiary/aromatic N) is 2. The van der Waals surface area contributed by atoms with Gasteiger partial charge in [0.05, 0.1) is 17.7 Å². The number of carbonyl (C=O) groups is 2. The number of ether oxygens (including phenoxy) is 2. The lowest BCUT2D eigenvalue weighted by atomic mass is 10.1. The van der Waals surface area contributed by atoms with E-state index >= 15 is 0 Å². The van der Waals surface area contributed by atoms with E-state index in [-0.39, 0.29) is 24.3 Å². The zero-order valence-electron chi connectivity index (χ0n) is 19.3. The Morgan fingerprint density at radius 1 is 1.00 bits per heavy atom. The van der Waals surface area contributed by atoms with Crippen LogP contribution in [0.5, 0.6) is 5.75 Å². The Morgan fingerprint density at radius 3 is 2.53 bits per heavy atom. The van der Waals surface area contributed by atoms with Crippen LogP contribution >= 0.6 is 11.3 Å². The van der Waals surface area contributed by atoms with Crippen LogP contribution in [0.4, 0.5) is 5.00 Å². The molecule has 5 rings (SSSR count). The number of thiophene rings is 1. The highest BCUT2D eigenvalue weighted by atomic mass is 32.1. The van der Waals surface area contributed by atoms with Gasteiger partial charge in [-0.15, -0.1) is 11.3 Å². The van der Waals surface area contributed by atoms with Crippen molar-refractivity contribution in [1.29, 1.82) is 0 Å². The molecule has 0 saturated carbocycles. The molecule has 0 unspecified atom stereocenters. The summed E-state index contributed by atoms with van der Waals surface area (Å²) in [7, 11) is 0. The molecule has 0 saturated heterocycles. The lowest BCUT2D eigenvalue weighted by Crippen LogP contribution is -2.26. The Labute approximate surface area is 209 Å². The molecule has 0 spiro atoms. The van der Waals surface area contributed by atoms with Gasteiger partial charge in [-0.3, -0.25) is 9.59 Å². The molecule has 0 bridgehead atoms. The maximum atomic E-state index is 13.4. The number of fused-ring (bicyclic) bond motifs is 2. The van der Waals surface area contributed by atoms with Crippen LogP contribution in [0.1, 0.15) is 17.4 Å². The average Bonchev–Trinajstić information content (AvgIpc) is 3.32. The van der Waals surface area contributed by atoms with Gasteiger partial charge in [-0.05, 0) is 42.0 Å². The highest BCUT2D eigenvalue weighted by Crippen LogP contribution is 2.30. The van der Waals surface area contributed by atoms with Crippen molar-refractivity contribution in [2.75, 3.05) is 18.5 Å². The number of hydrogen-bond acceptors (Lipinski definition) is 7. The number of carbonyl (C=O) groups excluding carboxylic acids is 2. The smallest absolute Gasteiger partial charge is 0.359 e. The minimum atomic E-state index is -0.650. The quantitative estimate of drug-likeness (QED) is 0.323. The van der Waals surface area contributed by atoms with Crippen molar-refractivity contribution in [1.82, 2.24) is 9.78 Å². The summed E-state index contributed by atoms with van der Waals surface area (Å²) in [5.74, 6) is -0.533. The van der Waals surface area contributed by atoms with Crippen molar-refractivity contribution >= 4 is 49.8 Å². The van der Waals surface area contributed by atoms with Gasteiger partial charge in [0.1, 0.15) is 10.8 Å². The van der Waals surface area contributed by atoms with Crippen LogP contribution in [0.3, 0.4) is 0 Å². The van der Waals surface area contributed by atoms with Gasteiger partial charge in [0.2, 0.25) is 0 Å². The molecule has 2 aromatic heterocycles. The second-order valence-corrected chi connectivity index (χ2v) is 8.70. The number of aromatic nitrogens is 2. The number of anilines is 1. The molecule has 0 aliphatic rings. The third-order valence-electron chi connectivity index (χ3n) is 5.47. The number of benzene rings is 3. The van der Waals surface area contributed by atoms with Crippen LogP contribution in [0.2, 0.25) is 0 Å². The van der Waals surface area contributed by atoms with Gasteiger partial charge in [0.15, 0.2) is 12.3 Å². The van der Waals surface area contributed by atoms with Gasteiger partial charge in [-0.1, -0.05) is 48.5 Å². The molecule has 0 fully saturated rings. The molecule has 0 aliphatic carbocycles. The fourth-order valence-electron chi connectivity index (χ4n) is 3.80. The molecule has 5 aromatic rings. The molecule has 1 amide bonds. The SMILES string of the molecule is CCOC(=O)c1nn(-c2ccccc2)c(=O)c2c(NC(=O)COc3ccc4ccccc4c3)scc12. The standard InChI is InChI=1S/C27H21N3O5S/c1-2-34-27(33)24-21-16-36-25(23(21)26(32)30(29-24)19-10-4-3-5-11-19)28-22(31)15-35-20-13-12-17-8-6-7-9-18(17)14-20/h3-14,16H,2,15H2,1H3,(H,28,31). The van der Waals surface area contributed by atoms with E-state index in [2.05, 4.69) is 10.4 Å². The van der Waals surface area contributed by atoms with Crippen molar-refractivity contribution in [2.45, 2.75) is 6.92 Å². The number of amides is 1. The van der Waals surface area contributed by atoms with E-state index in [4.69, 9.17) is 9.47 Å². The van der Waals surface area contributed by atoms with Crippen LogP contribution < -0.4 is 15.6 Å². The summed E-state index contributed by atoms with van der Waals surface area (Å²) in [4.78, 5) is 38.8. The molecule has 36 heavy (non-hydrogen) atoms. The third kappa shape index (κ3) is 4.56. The van der Waals surface area contributed by atoms with E-state index in [1.807, 2.05) is 42.5 Å². The molecule has 8 nitrogen and oxygen atoms in total. The van der Waals surface area contributed by atoms with Gasteiger partial charge in [0.25, 0.3) is 11.5 Å². The number of hydrogen-bond donors (Lipinski definition) is 1. The first-order valence-electron chi connectivity index (χ1n) is 11.2. The molecule has 0 atom stereocenters. The molecule has 1 N–H and O–H groups in total. The topological polar surface area (TPSA) is 99.5 Å². The van der Waals surface area contributed by atoms with E-state index < -0.39 is 17.4 Å². The summed E-state index contributed by atoms with van der Waals surface area (Å²) in [5, 5.41) is 11.5. The zero-order valence-corrected chi connectivity index (χ0v) is 20.1. The Balaban J connectivity index is 1.45. The summed E-state index contributed by atoms with van der Waals surface area (Å²) >= 11 is 1.13. The lowest BCUT2D eigenvalue weighted by molar-refractivity contribution is -0.118. The Morgan fingerprint density at radius 2 is 1.75 bits per heavy atom. The van der Waals surface area contributed by atoms with Crippen LogP contribution in [0, 0.1) is 0 Å². The maximum Gasteiger partial charge on any atom is 0.359 e. The average molecular weight is 500 g/mol. The van der Waals surface area contributed by atoms with E-state index in [9.17, 15) is 14.4 Å². The van der Waals surface area contributed by atoms with Gasteiger partial charge >= 0.3 is 5.97 Å². The minimum absolute atomic E-state index is 0.000495. The van der Waals surface area contributed by atoms with Crippen molar-refractivity contribution in [2.24, 2.45) is 0 Å². The highest BCUT2D eigenvalue weighted by molar-refractivity contribution is 7.16. The second kappa shape index (κ2) is 10.0. The first-order valence-corrected chi connectivity index (χ1v) is 12.1. The number of rotatable bonds is 7. The molecule has 0 radical (unpaired) electrons. The van der Waals surface area contributed by atoms with Crippen molar-refractivity contribution < 1.29 is 19.1 Å². The van der Waals surface area contributed by atoms with Crippen molar-refractivity contribution in [3.63, 3.8) is 0 Å². The number of nitrogens with one attached hydrogen (secondary N) is 1. The van der Waals surface area contributed by atoms with E-state index in [1.54, 1.807) is 42.6 Å². The van der Waals surface area contributed by atoms with E-state index in [0.717, 1.165) is 26.8 Å². The fraction of sp³-hybridized carbons (Fsp3) is 0.111. The fourth-order valence-corrected chi connectivity index (χ4v) is 4.76. The van der Waals surface area contributed by atoms with Gasteiger partial charge < -0.3 is 14.8 Å². The summed E-state index contributed by atoms with van der Waals surface area (Å²) < 4.78 is 12.0. The van der Waals surface area contributed by atoms with E-state index in [1.165, 1.54) is 0 Å². The summed E-state index contributed by atoms with van der Waals surface area (Å²) in [5.41, 5.74) is 0.0220. The zero-order chi connectivity index (χ0) is 25.1. The normalized spacial score (nSPS) is 10.9. The van der Waals surface area contributed by atoms with Crippen LogP contribution in [0.15, 0.2) is 83.0 Å². The molecule has 180 valence electrons. The summed E-state index contributed by atoms with van der Waals surface area (Å²) in [6.07, 6.45) is 0. The van der Waals surface area contributed by atoms with Crippen LogP contribution in [0.25, 0.3) is 27.2 Å². The van der Waals surface area contributed by atoms with E-state index in [0.29, 0.717) is 21.8 Å². The minimum Gasteiger partial charge on any atom is -0.484 e. The Kier molecular flexibility index (Phi) is 6.46. The molecule has 0 aliphatic heterocycles. The highest BCUT2D eigenvalue weighted by Gasteiger charge is 2.23. The van der Waals surface area contributed by atoms with Crippen molar-refractivity contribution in [3.05, 3.63) is 94.2 Å². The predicted molar refractivity (Wildman–Crippen MR) is 139 cm³/mol. The summed E-state index contributed by atoms with van der Waals surface area (Å²) in [6.45, 7) is 1.60. The first-order chi connectivity index (χ1) is 17.5. The second-order valence-electron chi connectivity index (χ2n) is 7.82. The molecule has 3 aromatic carbocycles. The summed E-state index contributed by atoms with van der Waals surface area (Å²) in [6, 6.07) is 22.2. The monoisotopic (exact) mass is 499 g/mol. The third-order valence-corrected chi connectivity index (χ3v) is 6.36. The first kappa shape index (κ1) is 23.3. The number of esters is 1. The molecular formula is C27H21N3O5S. The van der Waals surface area contributed by atoms with Gasteiger partial charge in [-0.25, -0.2) is 4.79 Å². The molecule has 2 heterocycles. The predicted octanol–water partition coefficient (Wildman–Crippen LogP) is 4.79. The lowest BCUT2D eigenvalue weighted by Gasteiger charge is -2.10. The van der Waals surface area contributed by atoms with Gasteiger partial charge in [-0.2, -0.15) is 9.78 Å². The molecular weight excluding hydrogens is 478 g/mol.